The minimum atomic E-state index is -0.393. The van der Waals surface area contributed by atoms with Crippen LogP contribution in [0.15, 0.2) is 42.0 Å². The Bertz CT molecular complexity index is 1000. The number of methoxy groups -OCH3 is 5. The van der Waals surface area contributed by atoms with Gasteiger partial charge in [0.05, 0.1) is 35.5 Å². The van der Waals surface area contributed by atoms with Crippen molar-refractivity contribution in [1.29, 1.82) is 0 Å². The lowest BCUT2D eigenvalue weighted by molar-refractivity contribution is -0.134. The van der Waals surface area contributed by atoms with E-state index in [4.69, 9.17) is 23.7 Å². The summed E-state index contributed by atoms with van der Waals surface area (Å²) in [6.07, 6.45) is 5.76. The Hall–Kier alpha value is -3.61. The Labute approximate surface area is 195 Å². The van der Waals surface area contributed by atoms with Crippen LogP contribution in [-0.2, 0) is 16.0 Å². The van der Waals surface area contributed by atoms with Crippen LogP contribution in [0.2, 0.25) is 0 Å². The van der Waals surface area contributed by atoms with Crippen molar-refractivity contribution in [3.05, 3.63) is 58.7 Å². The third-order valence-corrected chi connectivity index (χ3v) is 5.12. The summed E-state index contributed by atoms with van der Waals surface area (Å²) >= 11 is 0. The maximum absolute atomic E-state index is 11.2. The molecule has 178 valence electrons. The van der Waals surface area contributed by atoms with E-state index >= 15 is 0 Å². The van der Waals surface area contributed by atoms with Gasteiger partial charge in [-0.2, -0.15) is 0 Å². The van der Waals surface area contributed by atoms with E-state index < -0.39 is 5.97 Å². The summed E-state index contributed by atoms with van der Waals surface area (Å²) in [7, 11) is 7.70. The fraction of sp³-hybridized carbons (Fsp3) is 0.346. The number of carbonyl (C=O) groups is 1. The maximum atomic E-state index is 11.2. The Balaban J connectivity index is 2.13. The number of rotatable bonds is 11. The van der Waals surface area contributed by atoms with Gasteiger partial charge in [-0.25, -0.2) is 4.79 Å². The van der Waals surface area contributed by atoms with E-state index in [1.54, 1.807) is 34.5 Å². The Morgan fingerprint density at radius 2 is 1.42 bits per heavy atom. The summed E-state index contributed by atoms with van der Waals surface area (Å²) in [5, 5.41) is 0. The van der Waals surface area contributed by atoms with Gasteiger partial charge in [-0.15, -0.1) is 0 Å². The van der Waals surface area contributed by atoms with Crippen LogP contribution < -0.4 is 23.7 Å². The van der Waals surface area contributed by atoms with E-state index in [1.165, 1.54) is 13.2 Å². The quantitative estimate of drug-likeness (QED) is 0.274. The molecule has 2 rings (SSSR count). The highest BCUT2D eigenvalue weighted by molar-refractivity contribution is 5.86. The molecule has 2 aromatic rings. The number of ether oxygens (including phenoxy) is 6. The lowest BCUT2D eigenvalue weighted by Gasteiger charge is -2.21. The van der Waals surface area contributed by atoms with Crippen molar-refractivity contribution in [2.75, 3.05) is 42.2 Å². The molecule has 7 nitrogen and oxygen atoms in total. The van der Waals surface area contributed by atoms with Crippen molar-refractivity contribution >= 4 is 12.0 Å². The molecule has 0 saturated carbocycles. The van der Waals surface area contributed by atoms with Crippen LogP contribution in [0.1, 0.15) is 23.6 Å². The number of esters is 1. The zero-order valence-corrected chi connectivity index (χ0v) is 20.3. The lowest BCUT2D eigenvalue weighted by atomic mass is 10.00. The Morgan fingerprint density at radius 3 is 1.97 bits per heavy atom. The molecular formula is C26H32O7. The van der Waals surface area contributed by atoms with E-state index in [2.05, 4.69) is 10.8 Å². The third-order valence-electron chi connectivity index (χ3n) is 5.12. The van der Waals surface area contributed by atoms with Crippen LogP contribution in [0, 0.1) is 6.92 Å². The molecule has 0 saturated heterocycles. The van der Waals surface area contributed by atoms with Gasteiger partial charge in [0.1, 0.15) is 12.4 Å². The van der Waals surface area contributed by atoms with Gasteiger partial charge in [0, 0.05) is 17.2 Å². The van der Waals surface area contributed by atoms with Crippen LogP contribution in [0.5, 0.6) is 28.7 Å². The molecule has 0 bridgehead atoms. The second-order valence-corrected chi connectivity index (χ2v) is 7.21. The van der Waals surface area contributed by atoms with Crippen LogP contribution in [0.25, 0.3) is 6.08 Å². The molecule has 0 N–H and O–H groups in total. The zero-order chi connectivity index (χ0) is 24.4. The Kier molecular flexibility index (Phi) is 9.66. The van der Waals surface area contributed by atoms with E-state index in [0.29, 0.717) is 36.0 Å². The monoisotopic (exact) mass is 456 g/mol. The van der Waals surface area contributed by atoms with Gasteiger partial charge < -0.3 is 28.4 Å². The third kappa shape index (κ3) is 6.44. The molecule has 0 aliphatic rings. The predicted octanol–water partition coefficient (Wildman–Crippen LogP) is 4.78. The summed E-state index contributed by atoms with van der Waals surface area (Å²) in [5.74, 6) is 2.59. The molecule has 0 aliphatic heterocycles. The first kappa shape index (κ1) is 25.6. The number of hydrogen-bond acceptors (Lipinski definition) is 7. The smallest absolute Gasteiger partial charge is 0.330 e. The molecule has 7 heteroatoms. The van der Waals surface area contributed by atoms with Crippen LogP contribution in [-0.4, -0.2) is 48.1 Å². The van der Waals surface area contributed by atoms with Crippen LogP contribution in [0.3, 0.4) is 0 Å². The maximum Gasteiger partial charge on any atom is 0.330 e. The molecule has 2 aromatic carbocycles. The Morgan fingerprint density at radius 1 is 0.848 bits per heavy atom. The molecule has 0 unspecified atom stereocenters. The van der Waals surface area contributed by atoms with Gasteiger partial charge in [-0.3, -0.25) is 0 Å². The highest BCUT2D eigenvalue weighted by Crippen LogP contribution is 2.49. The van der Waals surface area contributed by atoms with Gasteiger partial charge in [-0.05, 0) is 49.6 Å². The van der Waals surface area contributed by atoms with E-state index in [0.717, 1.165) is 28.0 Å². The fourth-order valence-corrected chi connectivity index (χ4v) is 3.34. The van der Waals surface area contributed by atoms with Crippen LogP contribution in [0.4, 0.5) is 0 Å². The average Bonchev–Trinajstić information content (AvgIpc) is 2.84. The summed E-state index contributed by atoms with van der Waals surface area (Å²) in [5.41, 5.74) is 3.81. The van der Waals surface area contributed by atoms with Gasteiger partial charge in [0.2, 0.25) is 11.5 Å². The van der Waals surface area contributed by atoms with Crippen molar-refractivity contribution in [3.63, 3.8) is 0 Å². The standard InChI is InChI=1S/C26H32O7/c1-17(16-33-20-12-9-19(10-13-20)11-15-22(27)28-3)8-14-21-18(2)23(29-4)25(31-6)26(32-7)24(21)30-5/h8-13,15H,14,16H2,1-7H3. The number of hydrogen-bond donors (Lipinski definition) is 0. The van der Waals surface area contributed by atoms with Crippen molar-refractivity contribution in [2.45, 2.75) is 20.3 Å². The summed E-state index contributed by atoms with van der Waals surface area (Å²) in [6, 6.07) is 7.46. The molecule has 0 aliphatic carbocycles. The lowest BCUT2D eigenvalue weighted by Crippen LogP contribution is -2.05. The molecule has 0 atom stereocenters. The van der Waals surface area contributed by atoms with Crippen molar-refractivity contribution < 1.29 is 33.2 Å². The van der Waals surface area contributed by atoms with Crippen molar-refractivity contribution in [1.82, 2.24) is 0 Å². The minimum Gasteiger partial charge on any atom is -0.492 e. The molecule has 0 radical (unpaired) electrons. The van der Waals surface area contributed by atoms with Gasteiger partial charge in [-0.1, -0.05) is 18.2 Å². The number of carbonyl (C=O) groups excluding carboxylic acids is 1. The van der Waals surface area contributed by atoms with E-state index in [9.17, 15) is 4.79 Å². The van der Waals surface area contributed by atoms with Gasteiger partial charge >= 0.3 is 5.97 Å². The van der Waals surface area contributed by atoms with Gasteiger partial charge in [0.15, 0.2) is 11.5 Å². The van der Waals surface area contributed by atoms with E-state index in [1.807, 2.05) is 38.1 Å². The van der Waals surface area contributed by atoms with Crippen molar-refractivity contribution in [3.8, 4) is 28.7 Å². The molecule has 33 heavy (non-hydrogen) atoms. The van der Waals surface area contributed by atoms with Crippen LogP contribution >= 0.6 is 0 Å². The number of allylic oxidation sites excluding steroid dienone is 1. The highest BCUT2D eigenvalue weighted by atomic mass is 16.5. The molecule has 0 spiro atoms. The van der Waals surface area contributed by atoms with Crippen molar-refractivity contribution in [2.24, 2.45) is 0 Å². The normalized spacial score (nSPS) is 11.3. The average molecular weight is 457 g/mol. The zero-order valence-electron chi connectivity index (χ0n) is 20.3. The number of benzene rings is 2. The van der Waals surface area contributed by atoms with E-state index in [-0.39, 0.29) is 0 Å². The first-order valence-corrected chi connectivity index (χ1v) is 10.4. The molecule has 0 aromatic heterocycles. The molecular weight excluding hydrogens is 424 g/mol. The second kappa shape index (κ2) is 12.4. The largest absolute Gasteiger partial charge is 0.492 e. The SMILES string of the molecule is COC(=O)C=Cc1ccc(OCC(C)=CCc2c(C)c(OC)c(OC)c(OC)c2OC)cc1. The highest BCUT2D eigenvalue weighted by Gasteiger charge is 2.24. The molecule has 0 heterocycles. The minimum absolute atomic E-state index is 0.393. The molecule has 0 amide bonds. The molecule has 0 fully saturated rings. The predicted molar refractivity (Wildman–Crippen MR) is 128 cm³/mol. The summed E-state index contributed by atoms with van der Waals surface area (Å²) in [4.78, 5) is 11.2. The summed E-state index contributed by atoms with van der Waals surface area (Å²) < 4.78 is 32.7. The van der Waals surface area contributed by atoms with Gasteiger partial charge in [0.25, 0.3) is 0 Å². The summed E-state index contributed by atoms with van der Waals surface area (Å²) in [6.45, 7) is 4.41. The first-order chi connectivity index (χ1) is 15.9. The fourth-order valence-electron chi connectivity index (χ4n) is 3.34. The first-order valence-electron chi connectivity index (χ1n) is 10.4. The second-order valence-electron chi connectivity index (χ2n) is 7.21. The topological polar surface area (TPSA) is 72.5 Å².